The Bertz CT molecular complexity index is 758. The Labute approximate surface area is 171 Å². The molecular weight excluding hydrogens is 376 g/mol. The molecule has 2 rings (SSSR count). The van der Waals surface area contributed by atoms with Crippen LogP contribution in [0, 0.1) is 11.8 Å². The molecule has 0 aliphatic heterocycles. The Balaban J connectivity index is 2.63. The minimum atomic E-state index is -1.68. The summed E-state index contributed by atoms with van der Waals surface area (Å²) in [7, 11) is 1.50. The van der Waals surface area contributed by atoms with E-state index in [4.69, 9.17) is 14.2 Å². The highest BCUT2D eigenvalue weighted by molar-refractivity contribution is 6.02. The first-order valence-electron chi connectivity index (χ1n) is 9.78. The minimum absolute atomic E-state index is 0.344. The van der Waals surface area contributed by atoms with Gasteiger partial charge in [0, 0.05) is 12.3 Å². The topological polar surface area (TPSA) is 99.1 Å². The summed E-state index contributed by atoms with van der Waals surface area (Å²) in [5.74, 6) is -4.63. The second-order valence-electron chi connectivity index (χ2n) is 8.23. The van der Waals surface area contributed by atoms with Crippen LogP contribution in [-0.4, -0.2) is 47.7 Å². The lowest BCUT2D eigenvalue weighted by Gasteiger charge is -2.44. The zero-order valence-electron chi connectivity index (χ0n) is 17.8. The van der Waals surface area contributed by atoms with E-state index in [2.05, 4.69) is 0 Å². The van der Waals surface area contributed by atoms with Crippen molar-refractivity contribution < 1.29 is 33.7 Å². The summed E-state index contributed by atoms with van der Waals surface area (Å²) in [4.78, 5) is 38.8. The average Bonchev–Trinajstić information content (AvgIpc) is 2.58. The van der Waals surface area contributed by atoms with Gasteiger partial charge in [-0.15, -0.1) is 0 Å². The summed E-state index contributed by atoms with van der Waals surface area (Å²) < 4.78 is 16.0. The van der Waals surface area contributed by atoms with Crippen LogP contribution in [0.4, 0.5) is 0 Å². The number of hydrogen-bond acceptors (Lipinski definition) is 7. The van der Waals surface area contributed by atoms with Gasteiger partial charge in [0.15, 0.2) is 5.78 Å². The number of esters is 2. The maximum absolute atomic E-state index is 13.0. The van der Waals surface area contributed by atoms with Crippen molar-refractivity contribution in [3.63, 3.8) is 0 Å². The zero-order chi connectivity index (χ0) is 21.9. The normalized spacial score (nSPS) is 27.1. The predicted octanol–water partition coefficient (Wildman–Crippen LogP) is 2.64. The van der Waals surface area contributed by atoms with E-state index in [-0.39, 0.29) is 6.42 Å². The minimum Gasteiger partial charge on any atom is -0.497 e. The van der Waals surface area contributed by atoms with Crippen molar-refractivity contribution in [1.29, 1.82) is 0 Å². The third-order valence-electron chi connectivity index (χ3n) is 4.96. The largest absolute Gasteiger partial charge is 0.497 e. The molecule has 1 aromatic carbocycles. The lowest BCUT2D eigenvalue weighted by Crippen LogP contribution is -2.55. The lowest BCUT2D eigenvalue weighted by molar-refractivity contribution is -0.176. The number of carbonyl (C=O) groups excluding carboxylic acids is 3. The van der Waals surface area contributed by atoms with Crippen LogP contribution < -0.4 is 4.74 Å². The molecule has 0 unspecified atom stereocenters. The Hall–Kier alpha value is -2.41. The molecule has 7 heteroatoms. The van der Waals surface area contributed by atoms with Crippen molar-refractivity contribution in [2.75, 3.05) is 7.11 Å². The van der Waals surface area contributed by atoms with E-state index in [1.54, 1.807) is 52.0 Å². The second kappa shape index (κ2) is 8.95. The van der Waals surface area contributed by atoms with Crippen molar-refractivity contribution in [2.45, 2.75) is 64.8 Å². The number of Topliss-reactive ketones (excluding diaryl/α,β-unsaturated/α-hetero) is 1. The van der Waals surface area contributed by atoms with Crippen LogP contribution in [0.2, 0.25) is 0 Å². The highest BCUT2D eigenvalue weighted by atomic mass is 16.5. The van der Waals surface area contributed by atoms with E-state index in [9.17, 15) is 19.5 Å². The van der Waals surface area contributed by atoms with Gasteiger partial charge in [-0.3, -0.25) is 14.4 Å². The molecule has 0 radical (unpaired) electrons. The molecule has 1 fully saturated rings. The van der Waals surface area contributed by atoms with Gasteiger partial charge in [-0.2, -0.15) is 0 Å². The number of carbonyl (C=O) groups is 3. The van der Waals surface area contributed by atoms with Crippen molar-refractivity contribution in [2.24, 2.45) is 11.8 Å². The number of aliphatic hydroxyl groups is 1. The Morgan fingerprint density at radius 1 is 1.10 bits per heavy atom. The molecule has 4 atom stereocenters. The fourth-order valence-corrected chi connectivity index (χ4v) is 3.88. The summed E-state index contributed by atoms with van der Waals surface area (Å²) in [6, 6.07) is 6.78. The molecule has 0 amide bonds. The van der Waals surface area contributed by atoms with E-state index in [1.165, 1.54) is 14.0 Å². The van der Waals surface area contributed by atoms with Crippen molar-refractivity contribution >= 4 is 17.7 Å². The molecule has 0 aromatic heterocycles. The molecule has 0 bridgehead atoms. The van der Waals surface area contributed by atoms with Crippen molar-refractivity contribution in [3.05, 3.63) is 29.8 Å². The van der Waals surface area contributed by atoms with E-state index in [0.717, 1.165) is 0 Å². The molecule has 0 heterocycles. The number of hydrogen-bond donors (Lipinski definition) is 1. The van der Waals surface area contributed by atoms with Crippen LogP contribution in [0.3, 0.4) is 0 Å². The summed E-state index contributed by atoms with van der Waals surface area (Å²) in [6.45, 7) is 8.20. The molecule has 1 aromatic rings. The summed E-state index contributed by atoms with van der Waals surface area (Å²) >= 11 is 0. The lowest BCUT2D eigenvalue weighted by atomic mass is 9.61. The highest BCUT2D eigenvalue weighted by Gasteiger charge is 2.57. The number of methoxy groups -OCH3 is 1. The van der Waals surface area contributed by atoms with Gasteiger partial charge in [-0.25, -0.2) is 0 Å². The molecule has 160 valence electrons. The van der Waals surface area contributed by atoms with Crippen molar-refractivity contribution in [1.82, 2.24) is 0 Å². The average molecular weight is 406 g/mol. The number of ketones is 1. The predicted molar refractivity (Wildman–Crippen MR) is 105 cm³/mol. The van der Waals surface area contributed by atoms with Gasteiger partial charge in [-0.05, 0) is 52.3 Å². The third-order valence-corrected chi connectivity index (χ3v) is 4.96. The first-order chi connectivity index (χ1) is 13.5. The van der Waals surface area contributed by atoms with Gasteiger partial charge >= 0.3 is 11.9 Å². The maximum atomic E-state index is 13.0. The van der Waals surface area contributed by atoms with Crippen molar-refractivity contribution in [3.8, 4) is 5.75 Å². The fraction of sp³-hybridized carbons (Fsp3) is 0.591. The second-order valence-corrected chi connectivity index (χ2v) is 8.23. The van der Waals surface area contributed by atoms with Crippen LogP contribution in [-0.2, 0) is 23.9 Å². The summed E-state index contributed by atoms with van der Waals surface area (Å²) in [6.07, 6.45) is -1.18. The van der Waals surface area contributed by atoms with E-state index in [1.807, 2.05) is 0 Å². The standard InChI is InChI=1S/C22H30O7/c1-12(2)28-20(24)18-16(23)11-22(5,26)19(21(25)29-13(3)4)17(18)14-8-7-9-15(10-14)27-6/h7-10,12-13,17-19,26H,11H2,1-6H3/t17-,18-,19+,22-/m0/s1. The van der Waals surface area contributed by atoms with Gasteiger partial charge in [0.1, 0.15) is 11.7 Å². The smallest absolute Gasteiger partial charge is 0.317 e. The van der Waals surface area contributed by atoms with Gasteiger partial charge in [0.05, 0.1) is 30.8 Å². The molecule has 1 aliphatic carbocycles. The van der Waals surface area contributed by atoms with Crippen LogP contribution in [0.15, 0.2) is 24.3 Å². The van der Waals surface area contributed by atoms with Crippen LogP contribution >= 0.6 is 0 Å². The number of ether oxygens (including phenoxy) is 3. The highest BCUT2D eigenvalue weighted by Crippen LogP contribution is 2.47. The maximum Gasteiger partial charge on any atom is 0.317 e. The first kappa shape index (κ1) is 22.9. The van der Waals surface area contributed by atoms with E-state index < -0.39 is 53.3 Å². The van der Waals surface area contributed by atoms with Crippen LogP contribution in [0.25, 0.3) is 0 Å². The van der Waals surface area contributed by atoms with Gasteiger partial charge in [0.25, 0.3) is 0 Å². The first-order valence-corrected chi connectivity index (χ1v) is 9.78. The van der Waals surface area contributed by atoms with Gasteiger partial charge in [-0.1, -0.05) is 12.1 Å². The molecule has 1 N–H and O–H groups in total. The molecule has 29 heavy (non-hydrogen) atoms. The molecule has 7 nitrogen and oxygen atoms in total. The Morgan fingerprint density at radius 3 is 2.24 bits per heavy atom. The van der Waals surface area contributed by atoms with Crippen LogP contribution in [0.1, 0.15) is 52.5 Å². The summed E-state index contributed by atoms with van der Waals surface area (Å²) in [5, 5.41) is 11.0. The Kier molecular flexibility index (Phi) is 7.06. The molecule has 0 saturated heterocycles. The number of benzene rings is 1. The monoisotopic (exact) mass is 406 g/mol. The van der Waals surface area contributed by atoms with Gasteiger partial charge in [0.2, 0.25) is 0 Å². The molecule has 0 spiro atoms. The Morgan fingerprint density at radius 2 is 1.69 bits per heavy atom. The van der Waals surface area contributed by atoms with Gasteiger partial charge < -0.3 is 19.3 Å². The third kappa shape index (κ3) is 5.15. The SMILES string of the molecule is COc1cccc([C@H]2[C@@H](C(=O)OC(C)C)C(=O)C[C@](C)(O)[C@H]2C(=O)OC(C)C)c1. The van der Waals surface area contributed by atoms with Crippen LogP contribution in [0.5, 0.6) is 5.75 Å². The van der Waals surface area contributed by atoms with E-state index in [0.29, 0.717) is 11.3 Å². The quantitative estimate of drug-likeness (QED) is 0.573. The fourth-order valence-electron chi connectivity index (χ4n) is 3.88. The summed E-state index contributed by atoms with van der Waals surface area (Å²) in [5.41, 5.74) is -1.15. The molecule has 1 aliphatic rings. The van der Waals surface area contributed by atoms with E-state index >= 15 is 0 Å². The molecule has 1 saturated carbocycles. The zero-order valence-corrected chi connectivity index (χ0v) is 17.8. The molecular formula is C22H30O7. The number of rotatable bonds is 6.